The van der Waals surface area contributed by atoms with Crippen LogP contribution in [0.1, 0.15) is 39.5 Å². The lowest BCUT2D eigenvalue weighted by Crippen LogP contribution is -2.54. The van der Waals surface area contributed by atoms with Gasteiger partial charge >= 0.3 is 6.03 Å². The van der Waals surface area contributed by atoms with Crippen molar-refractivity contribution in [2.45, 2.75) is 45.1 Å². The van der Waals surface area contributed by atoms with Crippen LogP contribution in [0.4, 0.5) is 4.79 Å². The maximum absolute atomic E-state index is 12.9. The topological polar surface area (TPSA) is 97.0 Å². The first-order valence-electron chi connectivity index (χ1n) is 10.2. The van der Waals surface area contributed by atoms with Gasteiger partial charge in [-0.2, -0.15) is 0 Å². The van der Waals surface area contributed by atoms with Gasteiger partial charge in [0, 0.05) is 0 Å². The molecule has 0 unspecified atom stereocenters. The van der Waals surface area contributed by atoms with Crippen molar-refractivity contribution in [3.8, 4) is 11.5 Å². The normalized spacial score (nSPS) is 23.8. The summed E-state index contributed by atoms with van der Waals surface area (Å²) in [4.78, 5) is 38.4. The number of hydrogen-bond acceptors (Lipinski definition) is 5. The highest BCUT2D eigenvalue weighted by molar-refractivity contribution is 6.09. The van der Waals surface area contributed by atoms with Crippen molar-refractivity contribution in [2.24, 2.45) is 5.92 Å². The number of rotatable bonds is 8. The molecule has 1 aromatic rings. The molecular formula is C21H29N3O5. The molecule has 3 rings (SSSR count). The number of amides is 4. The number of hydrogen-bond donors (Lipinski definition) is 2. The molecule has 0 aromatic heterocycles. The minimum absolute atomic E-state index is 0.0725. The second-order valence-corrected chi connectivity index (χ2v) is 7.54. The van der Waals surface area contributed by atoms with Gasteiger partial charge in [0.05, 0.1) is 13.2 Å². The van der Waals surface area contributed by atoms with Gasteiger partial charge in [0.2, 0.25) is 5.91 Å². The van der Waals surface area contributed by atoms with Crippen molar-refractivity contribution in [3.63, 3.8) is 0 Å². The fraction of sp³-hybridized carbons (Fsp3) is 0.571. The Morgan fingerprint density at radius 3 is 2.55 bits per heavy atom. The fourth-order valence-corrected chi connectivity index (χ4v) is 4.00. The van der Waals surface area contributed by atoms with Gasteiger partial charge in [-0.1, -0.05) is 19.8 Å². The molecule has 8 heteroatoms. The standard InChI is InChI=1S/C21H29N3O5/c1-3-28-16-7-9-17(10-8-16)29-13-12-22-18(25)14-24-19(26)21(23-20(24)27)11-5-4-6-15(21)2/h7-10,15H,3-6,11-14H2,1-2H3,(H,22,25)(H,23,27)/t15-,21+/m0/s1. The van der Waals surface area contributed by atoms with Crippen molar-refractivity contribution in [3.05, 3.63) is 24.3 Å². The average Bonchev–Trinajstić information content (AvgIpc) is 2.94. The zero-order chi connectivity index (χ0) is 20.9. The molecule has 1 spiro atoms. The van der Waals surface area contributed by atoms with Gasteiger partial charge in [-0.25, -0.2) is 4.79 Å². The van der Waals surface area contributed by atoms with E-state index < -0.39 is 11.6 Å². The molecule has 1 aromatic carbocycles. The van der Waals surface area contributed by atoms with Crippen LogP contribution in [0.5, 0.6) is 11.5 Å². The van der Waals surface area contributed by atoms with E-state index in [-0.39, 0.29) is 37.4 Å². The van der Waals surface area contributed by atoms with Gasteiger partial charge < -0.3 is 20.1 Å². The number of ether oxygens (including phenoxy) is 2. The zero-order valence-electron chi connectivity index (χ0n) is 17.0. The van der Waals surface area contributed by atoms with Gasteiger partial charge in [-0.05, 0) is 49.9 Å². The molecule has 8 nitrogen and oxygen atoms in total. The molecule has 2 atom stereocenters. The zero-order valence-corrected chi connectivity index (χ0v) is 17.0. The minimum Gasteiger partial charge on any atom is -0.494 e. The summed E-state index contributed by atoms with van der Waals surface area (Å²) in [6, 6.07) is 6.74. The van der Waals surface area contributed by atoms with Crippen LogP contribution >= 0.6 is 0 Å². The number of carbonyl (C=O) groups is 3. The van der Waals surface area contributed by atoms with Crippen LogP contribution in [0, 0.1) is 5.92 Å². The van der Waals surface area contributed by atoms with Crippen LogP contribution in [0.15, 0.2) is 24.3 Å². The number of urea groups is 1. The first kappa shape index (κ1) is 21.0. The quantitative estimate of drug-likeness (QED) is 0.512. The summed E-state index contributed by atoms with van der Waals surface area (Å²) >= 11 is 0. The molecule has 2 N–H and O–H groups in total. The Hall–Kier alpha value is -2.77. The van der Waals surface area contributed by atoms with Crippen LogP contribution in [0.25, 0.3) is 0 Å². The largest absolute Gasteiger partial charge is 0.494 e. The second kappa shape index (κ2) is 9.15. The molecule has 158 valence electrons. The molecule has 1 saturated carbocycles. The SMILES string of the molecule is CCOc1ccc(OCCNC(=O)CN2C(=O)N[C@@]3(CCCC[C@@H]3C)C2=O)cc1. The van der Waals surface area contributed by atoms with Crippen molar-refractivity contribution in [1.82, 2.24) is 15.5 Å². The van der Waals surface area contributed by atoms with Crippen LogP contribution in [-0.2, 0) is 9.59 Å². The Kier molecular flexibility index (Phi) is 6.61. The van der Waals surface area contributed by atoms with Gasteiger partial charge in [-0.15, -0.1) is 0 Å². The molecule has 0 radical (unpaired) electrons. The Morgan fingerprint density at radius 1 is 1.21 bits per heavy atom. The van der Waals surface area contributed by atoms with Crippen molar-refractivity contribution in [2.75, 3.05) is 26.3 Å². The smallest absolute Gasteiger partial charge is 0.325 e. The second-order valence-electron chi connectivity index (χ2n) is 7.54. The Morgan fingerprint density at radius 2 is 1.90 bits per heavy atom. The van der Waals surface area contributed by atoms with E-state index in [1.165, 1.54) is 0 Å². The van der Waals surface area contributed by atoms with Gasteiger partial charge in [0.25, 0.3) is 5.91 Å². The molecule has 2 aliphatic rings. The number of nitrogens with zero attached hydrogens (tertiary/aromatic N) is 1. The monoisotopic (exact) mass is 403 g/mol. The van der Waals surface area contributed by atoms with Crippen LogP contribution < -0.4 is 20.1 Å². The van der Waals surface area contributed by atoms with E-state index in [1.54, 1.807) is 12.1 Å². The Bertz CT molecular complexity index is 751. The molecule has 1 aliphatic carbocycles. The van der Waals surface area contributed by atoms with E-state index in [4.69, 9.17) is 9.47 Å². The highest BCUT2D eigenvalue weighted by Gasteiger charge is 2.55. The summed E-state index contributed by atoms with van der Waals surface area (Å²) < 4.78 is 10.9. The van der Waals surface area contributed by atoms with E-state index in [9.17, 15) is 14.4 Å². The average molecular weight is 403 g/mol. The third-order valence-electron chi connectivity index (χ3n) is 5.63. The highest BCUT2D eigenvalue weighted by Crippen LogP contribution is 2.38. The van der Waals surface area contributed by atoms with E-state index in [2.05, 4.69) is 10.6 Å². The van der Waals surface area contributed by atoms with Crippen molar-refractivity contribution < 1.29 is 23.9 Å². The van der Waals surface area contributed by atoms with E-state index in [1.807, 2.05) is 26.0 Å². The first-order valence-corrected chi connectivity index (χ1v) is 10.2. The highest BCUT2D eigenvalue weighted by atomic mass is 16.5. The summed E-state index contributed by atoms with van der Waals surface area (Å²) in [5, 5.41) is 5.54. The molecule has 1 heterocycles. The fourth-order valence-electron chi connectivity index (χ4n) is 4.00. The number of imide groups is 1. The maximum atomic E-state index is 12.9. The van der Waals surface area contributed by atoms with Crippen LogP contribution in [-0.4, -0.2) is 54.6 Å². The van der Waals surface area contributed by atoms with Crippen LogP contribution in [0.3, 0.4) is 0 Å². The Balaban J connectivity index is 1.43. The summed E-state index contributed by atoms with van der Waals surface area (Å²) in [7, 11) is 0. The molecule has 29 heavy (non-hydrogen) atoms. The number of benzene rings is 1. The lowest BCUT2D eigenvalue weighted by Gasteiger charge is -2.36. The summed E-state index contributed by atoms with van der Waals surface area (Å²) in [5.74, 6) is 0.847. The molecule has 1 aliphatic heterocycles. The molecule has 4 amide bonds. The number of carbonyl (C=O) groups excluding carboxylic acids is 3. The Labute approximate surface area is 170 Å². The molecule has 1 saturated heterocycles. The maximum Gasteiger partial charge on any atom is 0.325 e. The van der Waals surface area contributed by atoms with Gasteiger partial charge in [0.15, 0.2) is 0 Å². The summed E-state index contributed by atoms with van der Waals surface area (Å²) in [6.45, 7) is 4.78. The molecule has 2 fully saturated rings. The number of nitrogens with one attached hydrogen (secondary N) is 2. The summed E-state index contributed by atoms with van der Waals surface area (Å²) in [6.07, 6.45) is 3.49. The van der Waals surface area contributed by atoms with Crippen LogP contribution in [0.2, 0.25) is 0 Å². The van der Waals surface area contributed by atoms with E-state index in [0.29, 0.717) is 18.8 Å². The third-order valence-corrected chi connectivity index (χ3v) is 5.63. The van der Waals surface area contributed by atoms with Crippen molar-refractivity contribution in [1.29, 1.82) is 0 Å². The lowest BCUT2D eigenvalue weighted by molar-refractivity contribution is -0.137. The molecule has 0 bridgehead atoms. The van der Waals surface area contributed by atoms with Gasteiger partial charge in [-0.3, -0.25) is 14.5 Å². The lowest BCUT2D eigenvalue weighted by atomic mass is 9.73. The van der Waals surface area contributed by atoms with E-state index >= 15 is 0 Å². The van der Waals surface area contributed by atoms with Crippen molar-refractivity contribution >= 4 is 17.8 Å². The predicted octanol–water partition coefficient (Wildman–Crippen LogP) is 2.08. The summed E-state index contributed by atoms with van der Waals surface area (Å²) in [5.41, 5.74) is -0.841. The first-order chi connectivity index (χ1) is 14.0. The third kappa shape index (κ3) is 4.63. The minimum atomic E-state index is -0.841. The van der Waals surface area contributed by atoms with Gasteiger partial charge in [0.1, 0.15) is 30.2 Å². The molecular weight excluding hydrogens is 374 g/mol. The van der Waals surface area contributed by atoms with E-state index in [0.717, 1.165) is 29.9 Å². The predicted molar refractivity (Wildman–Crippen MR) is 107 cm³/mol.